The Morgan fingerprint density at radius 2 is 1.74 bits per heavy atom. The van der Waals surface area contributed by atoms with Gasteiger partial charge >= 0.3 is 12.1 Å². The Hall–Kier alpha value is -3.98. The fourth-order valence-electron chi connectivity index (χ4n) is 4.27. The number of esters is 1. The van der Waals surface area contributed by atoms with E-state index in [4.69, 9.17) is 14.2 Å². The van der Waals surface area contributed by atoms with Gasteiger partial charge < -0.3 is 24.0 Å². The minimum Gasteiger partial charge on any atom is -0.497 e. The van der Waals surface area contributed by atoms with E-state index in [0.717, 1.165) is 21.6 Å². The molecule has 0 radical (unpaired) electrons. The summed E-state index contributed by atoms with van der Waals surface area (Å²) in [6.45, 7) is 3.85. The number of likely N-dealkylation sites (N-methyl/N-ethyl adjacent to an activating group) is 1. The minimum atomic E-state index is -1.07. The van der Waals surface area contributed by atoms with Gasteiger partial charge in [0.1, 0.15) is 12.4 Å². The third-order valence-corrected chi connectivity index (χ3v) is 7.71. The molecule has 3 aromatic rings. The molecule has 0 aromatic heterocycles. The lowest BCUT2D eigenvalue weighted by Gasteiger charge is -2.29. The van der Waals surface area contributed by atoms with Gasteiger partial charge in [-0.15, -0.1) is 11.8 Å². The Kier molecular flexibility index (Phi) is 9.14. The topological polar surface area (TPSA) is 85.4 Å². The zero-order valence-corrected chi connectivity index (χ0v) is 23.3. The second-order valence-corrected chi connectivity index (χ2v) is 10.4. The summed E-state index contributed by atoms with van der Waals surface area (Å²) in [5, 5.41) is -0.480. The van der Waals surface area contributed by atoms with Gasteiger partial charge in [-0.1, -0.05) is 48.5 Å². The molecular weight excluding hydrogens is 516 g/mol. The number of fused-ring (bicyclic) bond motifs is 1. The van der Waals surface area contributed by atoms with E-state index in [1.54, 1.807) is 19.1 Å². The summed E-state index contributed by atoms with van der Waals surface area (Å²) < 4.78 is 16.4. The van der Waals surface area contributed by atoms with Gasteiger partial charge in [0.25, 0.3) is 5.91 Å². The summed E-state index contributed by atoms with van der Waals surface area (Å²) >= 11 is 1.48. The number of amides is 2. The molecule has 2 atom stereocenters. The van der Waals surface area contributed by atoms with E-state index >= 15 is 0 Å². The second kappa shape index (κ2) is 12.7. The highest BCUT2D eigenvalue weighted by molar-refractivity contribution is 7.99. The van der Waals surface area contributed by atoms with Crippen LogP contribution in [-0.2, 0) is 25.7 Å². The molecule has 8 nitrogen and oxygen atoms in total. The minimum absolute atomic E-state index is 0.156. The highest BCUT2D eigenvalue weighted by Gasteiger charge is 2.41. The fourth-order valence-corrected chi connectivity index (χ4v) is 5.68. The van der Waals surface area contributed by atoms with Crippen molar-refractivity contribution in [3.63, 3.8) is 0 Å². The number of rotatable bonds is 8. The molecule has 0 saturated carbocycles. The Bertz CT molecular complexity index is 1310. The predicted octanol–water partition coefficient (Wildman–Crippen LogP) is 5.38. The molecule has 9 heteroatoms. The van der Waals surface area contributed by atoms with Crippen molar-refractivity contribution in [1.29, 1.82) is 0 Å². The van der Waals surface area contributed by atoms with E-state index in [1.165, 1.54) is 23.6 Å². The number of anilines is 1. The summed E-state index contributed by atoms with van der Waals surface area (Å²) in [7, 11) is 3.22. The van der Waals surface area contributed by atoms with Gasteiger partial charge in [0.15, 0.2) is 6.10 Å². The lowest BCUT2D eigenvalue weighted by atomic mass is 10.1. The van der Waals surface area contributed by atoms with E-state index in [9.17, 15) is 14.4 Å². The van der Waals surface area contributed by atoms with Crippen molar-refractivity contribution < 1.29 is 28.6 Å². The Labute approximate surface area is 232 Å². The van der Waals surface area contributed by atoms with Crippen molar-refractivity contribution in [1.82, 2.24) is 4.90 Å². The van der Waals surface area contributed by atoms with E-state index < -0.39 is 23.4 Å². The number of carbonyl (C=O) groups is 3. The average molecular weight is 549 g/mol. The first-order valence-electron chi connectivity index (χ1n) is 12.6. The molecule has 0 saturated heterocycles. The number of hydrogen-bond donors (Lipinski definition) is 0. The third-order valence-electron chi connectivity index (χ3n) is 6.36. The van der Waals surface area contributed by atoms with Crippen LogP contribution in [0.25, 0.3) is 0 Å². The summed E-state index contributed by atoms with van der Waals surface area (Å²) in [6.07, 6.45) is -1.56. The van der Waals surface area contributed by atoms with E-state index in [0.29, 0.717) is 11.4 Å². The lowest BCUT2D eigenvalue weighted by molar-refractivity contribution is -0.152. The van der Waals surface area contributed by atoms with Gasteiger partial charge in [-0.05, 0) is 47.9 Å². The maximum atomic E-state index is 14.0. The van der Waals surface area contributed by atoms with Gasteiger partial charge in [-0.2, -0.15) is 0 Å². The SMILES string of the molecule is COc1ccc([C@H]2Sc3cc(C)ccc3N(CCN(C)C(=O)OCc3ccccc3)C(=O)[C@H]2OC(C)=O)cc1. The molecular formula is C30H32N2O6S. The summed E-state index contributed by atoms with van der Waals surface area (Å²) in [5.74, 6) is -0.212. The molecule has 4 rings (SSSR count). The van der Waals surface area contributed by atoms with Crippen LogP contribution in [0.15, 0.2) is 77.7 Å². The van der Waals surface area contributed by atoms with Gasteiger partial charge in [0.2, 0.25) is 0 Å². The predicted molar refractivity (Wildman–Crippen MR) is 150 cm³/mol. The van der Waals surface area contributed by atoms with Crippen LogP contribution in [0.2, 0.25) is 0 Å². The molecule has 1 aliphatic heterocycles. The molecule has 0 aliphatic carbocycles. The Balaban J connectivity index is 1.58. The molecule has 0 N–H and O–H groups in total. The molecule has 0 spiro atoms. The first kappa shape index (κ1) is 28.0. The quantitative estimate of drug-likeness (QED) is 0.349. The highest BCUT2D eigenvalue weighted by atomic mass is 32.2. The molecule has 204 valence electrons. The Morgan fingerprint density at radius 3 is 2.41 bits per heavy atom. The van der Waals surface area contributed by atoms with Crippen molar-refractivity contribution in [2.75, 3.05) is 32.1 Å². The number of ether oxygens (including phenoxy) is 3. The smallest absolute Gasteiger partial charge is 0.409 e. The standard InChI is InChI=1S/C30H32N2O6S/c1-20-10-15-25-26(18-20)39-28(23-11-13-24(36-4)14-12-23)27(38-21(2)33)29(34)32(25)17-16-31(3)30(35)37-19-22-8-6-5-7-9-22/h5-15,18,27-28H,16-17,19H2,1-4H3/t27-,28+/m0/s1. The number of benzene rings is 3. The van der Waals surface area contributed by atoms with Crippen LogP contribution in [0.5, 0.6) is 5.75 Å². The van der Waals surface area contributed by atoms with Crippen LogP contribution in [-0.4, -0.2) is 56.2 Å². The van der Waals surface area contributed by atoms with Gasteiger partial charge in [0.05, 0.1) is 18.0 Å². The molecule has 2 amide bonds. The van der Waals surface area contributed by atoms with Crippen LogP contribution in [0.4, 0.5) is 10.5 Å². The van der Waals surface area contributed by atoms with Crippen LogP contribution in [0, 0.1) is 6.92 Å². The van der Waals surface area contributed by atoms with E-state index in [2.05, 4.69) is 0 Å². The number of hydrogen-bond acceptors (Lipinski definition) is 7. The van der Waals surface area contributed by atoms with Crippen LogP contribution in [0.3, 0.4) is 0 Å². The first-order valence-corrected chi connectivity index (χ1v) is 13.5. The molecule has 1 heterocycles. The van der Waals surface area contributed by atoms with Crippen LogP contribution >= 0.6 is 11.8 Å². The van der Waals surface area contributed by atoms with Crippen molar-refractivity contribution in [3.8, 4) is 5.75 Å². The van der Waals surface area contributed by atoms with Crippen molar-refractivity contribution in [3.05, 3.63) is 89.5 Å². The summed E-state index contributed by atoms with van der Waals surface area (Å²) in [5.41, 5.74) is 3.46. The maximum Gasteiger partial charge on any atom is 0.409 e. The zero-order valence-electron chi connectivity index (χ0n) is 22.5. The molecule has 39 heavy (non-hydrogen) atoms. The zero-order chi connectivity index (χ0) is 27.9. The summed E-state index contributed by atoms with van der Waals surface area (Å²) in [6, 6.07) is 22.7. The number of carbonyl (C=O) groups excluding carboxylic acids is 3. The fraction of sp³-hybridized carbons (Fsp3) is 0.300. The second-order valence-electron chi connectivity index (χ2n) is 9.26. The normalized spacial score (nSPS) is 16.6. The number of nitrogens with zero attached hydrogens (tertiary/aromatic N) is 2. The Morgan fingerprint density at radius 1 is 1.03 bits per heavy atom. The lowest BCUT2D eigenvalue weighted by Crippen LogP contribution is -2.46. The van der Waals surface area contributed by atoms with Gasteiger partial charge in [-0.3, -0.25) is 9.59 Å². The molecule has 3 aromatic carbocycles. The van der Waals surface area contributed by atoms with Crippen LogP contribution < -0.4 is 9.64 Å². The first-order chi connectivity index (χ1) is 18.8. The van der Waals surface area contributed by atoms with E-state index in [-0.39, 0.29) is 25.6 Å². The number of methoxy groups -OCH3 is 1. The van der Waals surface area contributed by atoms with Crippen LogP contribution in [0.1, 0.15) is 28.9 Å². The van der Waals surface area contributed by atoms with Gasteiger partial charge in [-0.25, -0.2) is 4.79 Å². The molecule has 0 unspecified atom stereocenters. The number of aryl methyl sites for hydroxylation is 1. The third kappa shape index (κ3) is 6.92. The largest absolute Gasteiger partial charge is 0.497 e. The number of thioether (sulfide) groups is 1. The molecule has 0 fully saturated rings. The van der Waals surface area contributed by atoms with Crippen molar-refractivity contribution in [2.24, 2.45) is 0 Å². The average Bonchev–Trinajstić information content (AvgIpc) is 3.04. The van der Waals surface area contributed by atoms with Crippen molar-refractivity contribution in [2.45, 2.75) is 36.7 Å². The molecule has 1 aliphatic rings. The van der Waals surface area contributed by atoms with E-state index in [1.807, 2.05) is 79.7 Å². The van der Waals surface area contributed by atoms with Crippen molar-refractivity contribution >= 4 is 35.4 Å². The monoisotopic (exact) mass is 548 g/mol. The van der Waals surface area contributed by atoms with Gasteiger partial charge in [0, 0.05) is 32.0 Å². The highest BCUT2D eigenvalue weighted by Crippen LogP contribution is 2.47. The molecule has 0 bridgehead atoms. The summed E-state index contributed by atoms with van der Waals surface area (Å²) in [4.78, 5) is 42.7. The maximum absolute atomic E-state index is 14.0.